The summed E-state index contributed by atoms with van der Waals surface area (Å²) in [5, 5.41) is 3.84. The van der Waals surface area contributed by atoms with E-state index in [1.165, 1.54) is 11.1 Å². The summed E-state index contributed by atoms with van der Waals surface area (Å²) >= 11 is 0. The Balaban J connectivity index is 2.19. The molecule has 0 aromatic heterocycles. The number of nitrogens with zero attached hydrogens (tertiary/aromatic N) is 1. The predicted octanol–water partition coefficient (Wildman–Crippen LogP) is 6.36. The van der Waals surface area contributed by atoms with Gasteiger partial charge in [0.15, 0.2) is 0 Å². The Bertz CT molecular complexity index is 656. The lowest BCUT2D eigenvalue weighted by Crippen LogP contribution is -2.43. The predicted molar refractivity (Wildman–Crippen MR) is 114 cm³/mol. The molecule has 0 aliphatic carbocycles. The van der Waals surface area contributed by atoms with Crippen molar-refractivity contribution in [2.45, 2.75) is 65.6 Å². The van der Waals surface area contributed by atoms with Gasteiger partial charge in [-0.15, -0.1) is 0 Å². The van der Waals surface area contributed by atoms with E-state index in [0.29, 0.717) is 6.04 Å². The van der Waals surface area contributed by atoms with E-state index in [0.717, 1.165) is 12.8 Å². The minimum atomic E-state index is 0.0979. The summed E-state index contributed by atoms with van der Waals surface area (Å²) < 4.78 is 0. The normalized spacial score (nSPS) is 15.7. The van der Waals surface area contributed by atoms with E-state index in [-0.39, 0.29) is 17.5 Å². The maximum absolute atomic E-state index is 4.97. The standard InChI is InChI=1S/C24H34N2/c1-6-21(19-14-10-8-11-15-19)25-18-23(24(3,4)5)26-22(7-2)20-16-12-9-13-17-20/h8-18,21-23,26H,6-7H2,1-5H3/t21-,22-,23?/m1/s1. The van der Waals surface area contributed by atoms with E-state index in [1.54, 1.807) is 0 Å². The van der Waals surface area contributed by atoms with Crippen LogP contribution in [0.5, 0.6) is 0 Å². The second kappa shape index (κ2) is 9.68. The lowest BCUT2D eigenvalue weighted by atomic mass is 9.86. The van der Waals surface area contributed by atoms with Crippen molar-refractivity contribution in [1.82, 2.24) is 5.32 Å². The van der Waals surface area contributed by atoms with Crippen LogP contribution in [-0.4, -0.2) is 12.3 Å². The van der Waals surface area contributed by atoms with Gasteiger partial charge in [-0.05, 0) is 29.4 Å². The Morgan fingerprint density at radius 3 is 1.85 bits per heavy atom. The van der Waals surface area contributed by atoms with Gasteiger partial charge in [-0.1, -0.05) is 95.3 Å². The van der Waals surface area contributed by atoms with Gasteiger partial charge in [0.2, 0.25) is 0 Å². The largest absolute Gasteiger partial charge is 0.302 e. The van der Waals surface area contributed by atoms with Crippen molar-refractivity contribution < 1.29 is 0 Å². The molecule has 0 fully saturated rings. The van der Waals surface area contributed by atoms with Crippen LogP contribution < -0.4 is 5.32 Å². The third-order valence-corrected chi connectivity index (χ3v) is 4.91. The van der Waals surface area contributed by atoms with Crippen molar-refractivity contribution in [3.8, 4) is 0 Å². The number of nitrogens with one attached hydrogen (secondary N) is 1. The molecule has 2 rings (SSSR count). The first-order valence-corrected chi connectivity index (χ1v) is 9.85. The molecule has 2 aromatic rings. The van der Waals surface area contributed by atoms with Crippen LogP contribution in [0.15, 0.2) is 65.7 Å². The molecule has 140 valence electrons. The van der Waals surface area contributed by atoms with E-state index in [4.69, 9.17) is 4.99 Å². The van der Waals surface area contributed by atoms with Crippen LogP contribution in [0.2, 0.25) is 0 Å². The third-order valence-electron chi connectivity index (χ3n) is 4.91. The minimum Gasteiger partial charge on any atom is -0.302 e. The SMILES string of the molecule is CC[C@@H](N=CC(N[C@H](CC)c1ccccc1)C(C)(C)C)c1ccccc1. The molecule has 0 saturated heterocycles. The Morgan fingerprint density at radius 1 is 0.846 bits per heavy atom. The Hall–Kier alpha value is -1.93. The first kappa shape index (κ1) is 20.4. The zero-order chi connectivity index (χ0) is 19.0. The van der Waals surface area contributed by atoms with E-state index >= 15 is 0 Å². The summed E-state index contributed by atoms with van der Waals surface area (Å²) in [4.78, 5) is 4.97. The van der Waals surface area contributed by atoms with Gasteiger partial charge >= 0.3 is 0 Å². The average Bonchev–Trinajstić information content (AvgIpc) is 2.65. The number of aliphatic imine (C=N–C) groups is 1. The van der Waals surface area contributed by atoms with Gasteiger partial charge in [0.05, 0.1) is 6.04 Å². The van der Waals surface area contributed by atoms with Crippen molar-refractivity contribution in [2.75, 3.05) is 0 Å². The highest BCUT2D eigenvalue weighted by Gasteiger charge is 2.26. The molecule has 2 nitrogen and oxygen atoms in total. The lowest BCUT2D eigenvalue weighted by Gasteiger charge is -2.33. The maximum Gasteiger partial charge on any atom is 0.0743 e. The van der Waals surface area contributed by atoms with Crippen molar-refractivity contribution in [1.29, 1.82) is 0 Å². The van der Waals surface area contributed by atoms with Crippen LogP contribution in [0.1, 0.15) is 70.7 Å². The van der Waals surface area contributed by atoms with Crippen LogP contribution >= 0.6 is 0 Å². The molecule has 0 aliphatic heterocycles. The van der Waals surface area contributed by atoms with E-state index < -0.39 is 0 Å². The summed E-state index contributed by atoms with van der Waals surface area (Å²) in [6.45, 7) is 11.3. The molecule has 26 heavy (non-hydrogen) atoms. The van der Waals surface area contributed by atoms with Gasteiger partial charge in [-0.25, -0.2) is 0 Å². The lowest BCUT2D eigenvalue weighted by molar-refractivity contribution is 0.305. The highest BCUT2D eigenvalue weighted by Crippen LogP contribution is 2.26. The van der Waals surface area contributed by atoms with Crippen molar-refractivity contribution in [2.24, 2.45) is 10.4 Å². The maximum atomic E-state index is 4.97. The summed E-state index contributed by atoms with van der Waals surface area (Å²) in [6.07, 6.45) is 4.21. The van der Waals surface area contributed by atoms with Crippen LogP contribution in [-0.2, 0) is 0 Å². The quantitative estimate of drug-likeness (QED) is 0.550. The molecular weight excluding hydrogens is 316 g/mol. The van der Waals surface area contributed by atoms with Crippen LogP contribution in [0, 0.1) is 5.41 Å². The molecule has 0 amide bonds. The fraction of sp³-hybridized carbons (Fsp3) is 0.458. The Morgan fingerprint density at radius 2 is 1.38 bits per heavy atom. The van der Waals surface area contributed by atoms with Crippen molar-refractivity contribution in [3.63, 3.8) is 0 Å². The van der Waals surface area contributed by atoms with Crippen LogP contribution in [0.3, 0.4) is 0 Å². The average molecular weight is 351 g/mol. The Labute approximate surface area is 159 Å². The Kier molecular flexibility index (Phi) is 7.59. The van der Waals surface area contributed by atoms with E-state index in [9.17, 15) is 0 Å². The summed E-state index contributed by atoms with van der Waals surface area (Å²) in [5.74, 6) is 0. The second-order valence-corrected chi connectivity index (χ2v) is 8.01. The number of rotatable bonds is 8. The zero-order valence-corrected chi connectivity index (χ0v) is 16.9. The zero-order valence-electron chi connectivity index (χ0n) is 16.9. The number of hydrogen-bond donors (Lipinski definition) is 1. The van der Waals surface area contributed by atoms with Gasteiger partial charge in [-0.3, -0.25) is 4.99 Å². The summed E-state index contributed by atoms with van der Waals surface area (Å²) in [6, 6.07) is 22.1. The molecule has 1 N–H and O–H groups in total. The highest BCUT2D eigenvalue weighted by molar-refractivity contribution is 5.66. The van der Waals surface area contributed by atoms with Gasteiger partial charge < -0.3 is 5.32 Å². The number of hydrogen-bond acceptors (Lipinski definition) is 2. The summed E-state index contributed by atoms with van der Waals surface area (Å²) in [5.41, 5.74) is 2.72. The van der Waals surface area contributed by atoms with Gasteiger partial charge in [0, 0.05) is 18.3 Å². The molecule has 2 heteroatoms. The smallest absolute Gasteiger partial charge is 0.0743 e. The van der Waals surface area contributed by atoms with Gasteiger partial charge in [-0.2, -0.15) is 0 Å². The molecule has 0 aliphatic rings. The van der Waals surface area contributed by atoms with E-state index in [1.807, 2.05) is 0 Å². The molecule has 3 atom stereocenters. The topological polar surface area (TPSA) is 24.4 Å². The second-order valence-electron chi connectivity index (χ2n) is 8.01. The molecule has 0 spiro atoms. The van der Waals surface area contributed by atoms with Crippen LogP contribution in [0.25, 0.3) is 0 Å². The molecule has 1 unspecified atom stereocenters. The van der Waals surface area contributed by atoms with Crippen molar-refractivity contribution in [3.05, 3.63) is 71.8 Å². The first-order chi connectivity index (χ1) is 12.5. The number of benzene rings is 2. The summed E-state index contributed by atoms with van der Waals surface area (Å²) in [7, 11) is 0. The van der Waals surface area contributed by atoms with Crippen molar-refractivity contribution >= 4 is 6.21 Å². The fourth-order valence-electron chi connectivity index (χ4n) is 3.16. The fourth-order valence-corrected chi connectivity index (χ4v) is 3.16. The van der Waals surface area contributed by atoms with Gasteiger partial charge in [0.1, 0.15) is 0 Å². The monoisotopic (exact) mass is 350 g/mol. The molecule has 0 saturated carbocycles. The highest BCUT2D eigenvalue weighted by atomic mass is 15.0. The molecular formula is C24H34N2. The first-order valence-electron chi connectivity index (χ1n) is 9.85. The minimum absolute atomic E-state index is 0.0979. The van der Waals surface area contributed by atoms with E-state index in [2.05, 4.69) is 107 Å². The van der Waals surface area contributed by atoms with Gasteiger partial charge in [0.25, 0.3) is 0 Å². The molecule has 0 bridgehead atoms. The van der Waals surface area contributed by atoms with Crippen LogP contribution in [0.4, 0.5) is 0 Å². The third kappa shape index (κ3) is 5.81. The molecule has 0 heterocycles. The molecule has 0 radical (unpaired) electrons. The molecule has 2 aromatic carbocycles.